The Kier molecular flexibility index (Phi) is 5.55. The number of carbonyl (C=O) groups excluding carboxylic acids is 1. The van der Waals surface area contributed by atoms with Crippen LogP contribution in [0.3, 0.4) is 0 Å². The lowest BCUT2D eigenvalue weighted by Crippen LogP contribution is -2.14. The van der Waals surface area contributed by atoms with Crippen LogP contribution in [0, 0.1) is 0 Å². The van der Waals surface area contributed by atoms with E-state index in [1.165, 1.54) is 11.8 Å². The number of thioether (sulfide) groups is 1. The average Bonchev–Trinajstić information content (AvgIpc) is 3.05. The van der Waals surface area contributed by atoms with E-state index in [1.54, 1.807) is 12.1 Å². The van der Waals surface area contributed by atoms with Gasteiger partial charge in [0.15, 0.2) is 5.82 Å². The van der Waals surface area contributed by atoms with Gasteiger partial charge in [0.25, 0.3) is 0 Å². The number of aromatic amines is 1. The molecule has 3 aromatic rings. The van der Waals surface area contributed by atoms with Gasteiger partial charge in [0, 0.05) is 10.0 Å². The number of H-pyrrole nitrogens is 1. The quantitative estimate of drug-likeness (QED) is 0.588. The molecule has 0 saturated carbocycles. The zero-order chi connectivity index (χ0) is 16.9. The van der Waals surface area contributed by atoms with Crippen LogP contribution in [0.2, 0.25) is 5.02 Å². The molecule has 0 unspecified atom stereocenters. The van der Waals surface area contributed by atoms with Gasteiger partial charge in [-0.05, 0) is 24.3 Å². The molecule has 24 heavy (non-hydrogen) atoms. The molecule has 1 aromatic heterocycles. The third kappa shape index (κ3) is 4.37. The Morgan fingerprint density at radius 1 is 1.21 bits per heavy atom. The number of hydrogen-bond acceptors (Lipinski definition) is 4. The number of nitrogens with one attached hydrogen (secondary N) is 2. The molecule has 2 aromatic carbocycles. The number of rotatable bonds is 5. The van der Waals surface area contributed by atoms with Crippen molar-refractivity contribution in [3.05, 3.63) is 58.0 Å². The Bertz CT molecular complexity index is 853. The Morgan fingerprint density at radius 2 is 1.96 bits per heavy atom. The first-order valence-corrected chi connectivity index (χ1v) is 9.13. The van der Waals surface area contributed by atoms with Crippen LogP contribution in [0.25, 0.3) is 11.4 Å². The maximum Gasteiger partial charge on any atom is 0.234 e. The number of benzene rings is 2. The maximum absolute atomic E-state index is 12.0. The van der Waals surface area contributed by atoms with Crippen molar-refractivity contribution in [3.63, 3.8) is 0 Å². The lowest BCUT2D eigenvalue weighted by atomic mass is 10.2. The van der Waals surface area contributed by atoms with Gasteiger partial charge in [-0.25, -0.2) is 4.98 Å². The SMILES string of the molecule is O=C(CSc1n[nH]c(-c2ccc(Br)cc2)n1)Nc1ccccc1Cl. The van der Waals surface area contributed by atoms with Crippen LogP contribution in [0.5, 0.6) is 0 Å². The minimum absolute atomic E-state index is 0.164. The Labute approximate surface area is 156 Å². The van der Waals surface area contributed by atoms with Crippen molar-refractivity contribution < 1.29 is 4.79 Å². The van der Waals surface area contributed by atoms with Crippen molar-refractivity contribution >= 4 is 50.9 Å². The Morgan fingerprint density at radius 3 is 2.71 bits per heavy atom. The molecule has 0 aliphatic rings. The van der Waals surface area contributed by atoms with Crippen LogP contribution in [0.1, 0.15) is 0 Å². The predicted octanol–water partition coefficient (Wildman–Crippen LogP) is 4.62. The number of aromatic nitrogens is 3. The number of halogens is 2. The van der Waals surface area contributed by atoms with Gasteiger partial charge in [-0.1, -0.05) is 63.6 Å². The fraction of sp³-hybridized carbons (Fsp3) is 0.0625. The molecule has 1 amide bonds. The van der Waals surface area contributed by atoms with Crippen LogP contribution in [0.4, 0.5) is 5.69 Å². The average molecular weight is 424 g/mol. The zero-order valence-corrected chi connectivity index (χ0v) is 15.5. The van der Waals surface area contributed by atoms with Crippen molar-refractivity contribution in [1.82, 2.24) is 15.2 Å². The van der Waals surface area contributed by atoms with E-state index < -0.39 is 0 Å². The van der Waals surface area contributed by atoms with Crippen LogP contribution >= 0.6 is 39.3 Å². The zero-order valence-electron chi connectivity index (χ0n) is 12.3. The van der Waals surface area contributed by atoms with E-state index >= 15 is 0 Å². The van der Waals surface area contributed by atoms with E-state index in [4.69, 9.17) is 11.6 Å². The lowest BCUT2D eigenvalue weighted by molar-refractivity contribution is -0.113. The molecule has 0 radical (unpaired) electrons. The van der Waals surface area contributed by atoms with Gasteiger partial charge < -0.3 is 5.32 Å². The summed E-state index contributed by atoms with van der Waals surface area (Å²) in [6.45, 7) is 0. The lowest BCUT2D eigenvalue weighted by Gasteiger charge is -2.05. The maximum atomic E-state index is 12.0. The third-order valence-electron chi connectivity index (χ3n) is 3.06. The first-order chi connectivity index (χ1) is 11.6. The largest absolute Gasteiger partial charge is 0.324 e. The highest BCUT2D eigenvalue weighted by atomic mass is 79.9. The van der Waals surface area contributed by atoms with E-state index in [0.717, 1.165) is 10.0 Å². The molecule has 122 valence electrons. The molecule has 3 rings (SSSR count). The highest BCUT2D eigenvalue weighted by Crippen LogP contribution is 2.23. The summed E-state index contributed by atoms with van der Waals surface area (Å²) >= 11 is 10.7. The smallest absolute Gasteiger partial charge is 0.234 e. The molecule has 0 bridgehead atoms. The van der Waals surface area contributed by atoms with Gasteiger partial charge in [-0.2, -0.15) is 0 Å². The van der Waals surface area contributed by atoms with E-state index in [0.29, 0.717) is 21.7 Å². The predicted molar refractivity (Wildman–Crippen MR) is 100 cm³/mol. The molecule has 1 heterocycles. The monoisotopic (exact) mass is 422 g/mol. The molecule has 0 spiro atoms. The highest BCUT2D eigenvalue weighted by Gasteiger charge is 2.10. The molecule has 0 aliphatic carbocycles. The number of anilines is 1. The van der Waals surface area contributed by atoms with E-state index in [-0.39, 0.29) is 11.7 Å². The second-order valence-electron chi connectivity index (χ2n) is 4.79. The molecule has 0 fully saturated rings. The van der Waals surface area contributed by atoms with Gasteiger partial charge >= 0.3 is 0 Å². The molecule has 2 N–H and O–H groups in total. The highest BCUT2D eigenvalue weighted by molar-refractivity contribution is 9.10. The number of nitrogens with zero attached hydrogens (tertiary/aromatic N) is 2. The summed E-state index contributed by atoms with van der Waals surface area (Å²) in [5.74, 6) is 0.697. The second kappa shape index (κ2) is 7.83. The number of hydrogen-bond donors (Lipinski definition) is 2. The minimum atomic E-state index is -0.164. The van der Waals surface area contributed by atoms with Gasteiger partial charge in [-0.15, -0.1) is 5.10 Å². The summed E-state index contributed by atoms with van der Waals surface area (Å²) in [7, 11) is 0. The normalized spacial score (nSPS) is 10.6. The summed E-state index contributed by atoms with van der Waals surface area (Å²) in [5, 5.41) is 10.8. The summed E-state index contributed by atoms with van der Waals surface area (Å²) in [4.78, 5) is 16.4. The molecular weight excluding hydrogens is 412 g/mol. The molecule has 5 nitrogen and oxygen atoms in total. The Balaban J connectivity index is 1.58. The summed E-state index contributed by atoms with van der Waals surface area (Å²) in [5.41, 5.74) is 1.52. The van der Waals surface area contributed by atoms with E-state index in [2.05, 4.69) is 36.4 Å². The van der Waals surface area contributed by atoms with Crippen molar-refractivity contribution in [2.24, 2.45) is 0 Å². The standard InChI is InChI=1S/C16H12BrClN4OS/c17-11-7-5-10(6-8-11)15-20-16(22-21-15)24-9-14(23)19-13-4-2-1-3-12(13)18/h1-8H,9H2,(H,19,23)(H,20,21,22). The molecule has 0 atom stereocenters. The number of para-hydroxylation sites is 1. The first kappa shape index (κ1) is 17.0. The second-order valence-corrected chi connectivity index (χ2v) is 7.06. The van der Waals surface area contributed by atoms with Gasteiger partial charge in [0.2, 0.25) is 11.1 Å². The van der Waals surface area contributed by atoms with Crippen LogP contribution < -0.4 is 5.32 Å². The molecule has 8 heteroatoms. The van der Waals surface area contributed by atoms with Crippen molar-refractivity contribution in [3.8, 4) is 11.4 Å². The number of carbonyl (C=O) groups is 1. The van der Waals surface area contributed by atoms with Crippen LogP contribution in [0.15, 0.2) is 58.2 Å². The van der Waals surface area contributed by atoms with Gasteiger partial charge in [0.1, 0.15) is 0 Å². The minimum Gasteiger partial charge on any atom is -0.324 e. The topological polar surface area (TPSA) is 70.7 Å². The van der Waals surface area contributed by atoms with Crippen LogP contribution in [-0.2, 0) is 4.79 Å². The van der Waals surface area contributed by atoms with Crippen LogP contribution in [-0.4, -0.2) is 26.8 Å². The molecular formula is C16H12BrClN4OS. The van der Waals surface area contributed by atoms with E-state index in [9.17, 15) is 4.79 Å². The van der Waals surface area contributed by atoms with E-state index in [1.807, 2.05) is 36.4 Å². The summed E-state index contributed by atoms with van der Waals surface area (Å²) in [6.07, 6.45) is 0. The first-order valence-electron chi connectivity index (χ1n) is 6.97. The number of amides is 1. The third-order valence-corrected chi connectivity index (χ3v) is 4.77. The summed E-state index contributed by atoms with van der Waals surface area (Å²) in [6, 6.07) is 14.8. The van der Waals surface area contributed by atoms with Crippen molar-refractivity contribution in [2.75, 3.05) is 11.1 Å². The Hall–Kier alpha value is -1.83. The van der Waals surface area contributed by atoms with Gasteiger partial charge in [-0.3, -0.25) is 9.89 Å². The van der Waals surface area contributed by atoms with Crippen molar-refractivity contribution in [1.29, 1.82) is 0 Å². The fourth-order valence-electron chi connectivity index (χ4n) is 1.93. The van der Waals surface area contributed by atoms with Gasteiger partial charge in [0.05, 0.1) is 16.5 Å². The fourth-order valence-corrected chi connectivity index (χ4v) is 2.97. The van der Waals surface area contributed by atoms with Crippen molar-refractivity contribution in [2.45, 2.75) is 5.16 Å². The molecule has 0 saturated heterocycles. The molecule has 0 aliphatic heterocycles. The summed E-state index contributed by atoms with van der Waals surface area (Å²) < 4.78 is 0.997.